The van der Waals surface area contributed by atoms with Gasteiger partial charge in [0.1, 0.15) is 5.69 Å². The number of carbonyl (C=O) groups excluding carboxylic acids is 1. The minimum atomic E-state index is -0.462. The minimum absolute atomic E-state index is 0.0272. The van der Waals surface area contributed by atoms with Gasteiger partial charge in [-0.05, 0) is 17.7 Å². The summed E-state index contributed by atoms with van der Waals surface area (Å²) in [6.07, 6.45) is 0.412. The van der Waals surface area contributed by atoms with Gasteiger partial charge in [-0.2, -0.15) is 12.6 Å². The van der Waals surface area contributed by atoms with Crippen LogP contribution in [-0.4, -0.2) is 23.1 Å². The van der Waals surface area contributed by atoms with Crippen LogP contribution in [-0.2, 0) is 4.79 Å². The van der Waals surface area contributed by atoms with E-state index in [1.165, 1.54) is 11.0 Å². The highest BCUT2D eigenvalue weighted by Gasteiger charge is 2.33. The van der Waals surface area contributed by atoms with Crippen LogP contribution in [0, 0.1) is 16.0 Å². The molecular formula is C11H12N2O3S. The lowest BCUT2D eigenvalue weighted by Crippen LogP contribution is -2.25. The first-order valence-electron chi connectivity index (χ1n) is 5.28. The van der Waals surface area contributed by atoms with Crippen molar-refractivity contribution in [3.8, 4) is 0 Å². The van der Waals surface area contributed by atoms with Crippen LogP contribution in [0.2, 0.25) is 0 Å². The summed E-state index contributed by atoms with van der Waals surface area (Å²) in [6, 6.07) is 6.31. The number of rotatable bonds is 3. The molecule has 1 aromatic carbocycles. The number of thiol groups is 1. The Balaban J connectivity index is 2.35. The zero-order chi connectivity index (χ0) is 12.4. The number of hydrogen-bond acceptors (Lipinski definition) is 4. The Bertz CT molecular complexity index is 464. The number of benzene rings is 1. The van der Waals surface area contributed by atoms with Crippen molar-refractivity contribution in [2.45, 2.75) is 6.42 Å². The van der Waals surface area contributed by atoms with Crippen molar-refractivity contribution >= 4 is 29.9 Å². The third kappa shape index (κ3) is 2.26. The Labute approximate surface area is 104 Å². The zero-order valence-electron chi connectivity index (χ0n) is 9.07. The molecule has 2 rings (SSSR count). The summed E-state index contributed by atoms with van der Waals surface area (Å²) in [6.45, 7) is 0.507. The summed E-state index contributed by atoms with van der Waals surface area (Å²) in [7, 11) is 0. The molecule has 0 saturated carbocycles. The van der Waals surface area contributed by atoms with E-state index in [0.29, 0.717) is 24.4 Å². The topological polar surface area (TPSA) is 63.5 Å². The fourth-order valence-electron chi connectivity index (χ4n) is 1.98. The average Bonchev–Trinajstić information content (AvgIpc) is 2.70. The quantitative estimate of drug-likeness (QED) is 0.507. The number of nitrogens with zero attached hydrogens (tertiary/aromatic N) is 2. The Morgan fingerprint density at radius 3 is 2.76 bits per heavy atom. The molecule has 0 aromatic heterocycles. The molecule has 90 valence electrons. The monoisotopic (exact) mass is 252 g/mol. The van der Waals surface area contributed by atoms with Gasteiger partial charge in [-0.25, -0.2) is 0 Å². The third-order valence-corrected chi connectivity index (χ3v) is 3.35. The Morgan fingerprint density at radius 1 is 1.47 bits per heavy atom. The fraction of sp³-hybridized carbons (Fsp3) is 0.364. The Hall–Kier alpha value is -1.56. The van der Waals surface area contributed by atoms with Crippen molar-refractivity contribution in [1.29, 1.82) is 0 Å². The van der Waals surface area contributed by atoms with Crippen molar-refractivity contribution in [2.75, 3.05) is 17.2 Å². The molecule has 0 spiro atoms. The van der Waals surface area contributed by atoms with Crippen molar-refractivity contribution in [2.24, 2.45) is 5.92 Å². The maximum absolute atomic E-state index is 11.8. The van der Waals surface area contributed by atoms with Crippen LogP contribution in [0.15, 0.2) is 24.3 Å². The molecule has 1 amide bonds. The lowest BCUT2D eigenvalue weighted by atomic mass is 10.1. The van der Waals surface area contributed by atoms with Crippen LogP contribution in [0.5, 0.6) is 0 Å². The fourth-order valence-corrected chi connectivity index (χ4v) is 2.23. The van der Waals surface area contributed by atoms with Crippen LogP contribution in [0.1, 0.15) is 6.42 Å². The summed E-state index contributed by atoms with van der Waals surface area (Å²) in [4.78, 5) is 23.7. The van der Waals surface area contributed by atoms with E-state index < -0.39 is 4.92 Å². The van der Waals surface area contributed by atoms with Gasteiger partial charge in [0.25, 0.3) is 5.69 Å². The van der Waals surface area contributed by atoms with Crippen LogP contribution in [0.3, 0.4) is 0 Å². The zero-order valence-corrected chi connectivity index (χ0v) is 9.97. The first-order chi connectivity index (χ1) is 8.13. The van der Waals surface area contributed by atoms with E-state index in [4.69, 9.17) is 0 Å². The molecule has 0 radical (unpaired) electrons. The van der Waals surface area contributed by atoms with Gasteiger partial charge in [-0.1, -0.05) is 12.1 Å². The molecule has 5 nitrogen and oxygen atoms in total. The Morgan fingerprint density at radius 2 is 2.18 bits per heavy atom. The molecule has 1 aliphatic rings. The Kier molecular flexibility index (Phi) is 3.33. The predicted octanol–water partition coefficient (Wildman–Crippen LogP) is 1.88. The first kappa shape index (κ1) is 11.9. The first-order valence-corrected chi connectivity index (χ1v) is 5.91. The molecule has 1 heterocycles. The molecule has 0 aliphatic carbocycles. The summed E-state index contributed by atoms with van der Waals surface area (Å²) in [5.74, 6) is 0.715. The minimum Gasteiger partial charge on any atom is -0.306 e. The number of hydrogen-bond donors (Lipinski definition) is 1. The largest absolute Gasteiger partial charge is 0.306 e. The van der Waals surface area contributed by atoms with Crippen LogP contribution >= 0.6 is 12.6 Å². The standard InChI is InChI=1S/C11H12N2O3S/c14-11-5-8(7-17)6-12(11)9-3-1-2-4-10(9)13(15)16/h1-4,8,17H,5-7H2. The summed E-state index contributed by atoms with van der Waals surface area (Å²) in [5, 5.41) is 10.9. The smallest absolute Gasteiger partial charge is 0.292 e. The van der Waals surface area contributed by atoms with Crippen LogP contribution in [0.25, 0.3) is 0 Å². The number of nitro benzene ring substituents is 1. The van der Waals surface area contributed by atoms with Crippen molar-refractivity contribution in [3.05, 3.63) is 34.4 Å². The second-order valence-electron chi connectivity index (χ2n) is 4.00. The number of nitro groups is 1. The predicted molar refractivity (Wildman–Crippen MR) is 67.4 cm³/mol. The van der Waals surface area contributed by atoms with Crippen LogP contribution in [0.4, 0.5) is 11.4 Å². The second-order valence-corrected chi connectivity index (χ2v) is 4.37. The molecule has 1 fully saturated rings. The van der Waals surface area contributed by atoms with E-state index >= 15 is 0 Å². The van der Waals surface area contributed by atoms with E-state index in [2.05, 4.69) is 12.6 Å². The van der Waals surface area contributed by atoms with Gasteiger partial charge in [-0.15, -0.1) is 0 Å². The van der Waals surface area contributed by atoms with Crippen molar-refractivity contribution < 1.29 is 9.72 Å². The highest BCUT2D eigenvalue weighted by molar-refractivity contribution is 7.80. The maximum atomic E-state index is 11.8. The SMILES string of the molecule is O=C1CC(CS)CN1c1ccccc1[N+](=O)[O-]. The van der Waals surface area contributed by atoms with E-state index in [0.717, 1.165) is 0 Å². The van der Waals surface area contributed by atoms with Gasteiger partial charge in [0.05, 0.1) is 4.92 Å². The molecule has 1 aromatic rings. The van der Waals surface area contributed by atoms with E-state index in [1.807, 2.05) is 0 Å². The number of anilines is 1. The average molecular weight is 252 g/mol. The van der Waals surface area contributed by atoms with Gasteiger partial charge in [0.2, 0.25) is 5.91 Å². The number of amides is 1. The normalized spacial score (nSPS) is 19.7. The van der Waals surface area contributed by atoms with Gasteiger partial charge in [0, 0.05) is 19.0 Å². The molecule has 0 bridgehead atoms. The molecular weight excluding hydrogens is 240 g/mol. The second kappa shape index (κ2) is 4.75. The van der Waals surface area contributed by atoms with Crippen molar-refractivity contribution in [3.63, 3.8) is 0 Å². The molecule has 0 N–H and O–H groups in total. The third-order valence-electron chi connectivity index (χ3n) is 2.83. The number of para-hydroxylation sites is 2. The molecule has 6 heteroatoms. The highest BCUT2D eigenvalue weighted by Crippen LogP contribution is 2.32. The molecule has 1 saturated heterocycles. The van der Waals surface area contributed by atoms with Gasteiger partial charge in [-0.3, -0.25) is 14.9 Å². The lowest BCUT2D eigenvalue weighted by molar-refractivity contribution is -0.384. The van der Waals surface area contributed by atoms with E-state index in [9.17, 15) is 14.9 Å². The molecule has 17 heavy (non-hydrogen) atoms. The summed E-state index contributed by atoms with van der Waals surface area (Å²) in [5.41, 5.74) is 0.354. The van der Waals surface area contributed by atoms with Crippen LogP contribution < -0.4 is 4.90 Å². The summed E-state index contributed by atoms with van der Waals surface area (Å²) < 4.78 is 0. The summed E-state index contributed by atoms with van der Waals surface area (Å²) >= 11 is 4.16. The lowest BCUT2D eigenvalue weighted by Gasteiger charge is -2.16. The van der Waals surface area contributed by atoms with Gasteiger partial charge in [0.15, 0.2) is 0 Å². The molecule has 1 unspecified atom stereocenters. The van der Waals surface area contributed by atoms with Crippen molar-refractivity contribution in [1.82, 2.24) is 0 Å². The van der Waals surface area contributed by atoms with E-state index in [1.54, 1.807) is 18.2 Å². The number of carbonyl (C=O) groups is 1. The molecule has 1 aliphatic heterocycles. The highest BCUT2D eigenvalue weighted by atomic mass is 32.1. The molecule has 1 atom stereocenters. The maximum Gasteiger partial charge on any atom is 0.292 e. The van der Waals surface area contributed by atoms with Gasteiger partial charge >= 0.3 is 0 Å². The van der Waals surface area contributed by atoms with Gasteiger partial charge < -0.3 is 4.90 Å². The van der Waals surface area contributed by atoms with E-state index in [-0.39, 0.29) is 17.5 Å².